The van der Waals surface area contributed by atoms with Crippen LogP contribution in [0, 0.1) is 5.41 Å². The molecule has 0 bridgehead atoms. The summed E-state index contributed by atoms with van der Waals surface area (Å²) < 4.78 is 0. The molecule has 2 heteroatoms. The molecule has 1 rings (SSSR count). The van der Waals surface area contributed by atoms with Crippen molar-refractivity contribution in [1.82, 2.24) is 10.2 Å². The van der Waals surface area contributed by atoms with Crippen molar-refractivity contribution < 1.29 is 0 Å². The van der Waals surface area contributed by atoms with Crippen LogP contribution in [0.15, 0.2) is 0 Å². The van der Waals surface area contributed by atoms with E-state index in [1.165, 1.54) is 6.54 Å². The molecule has 0 aromatic carbocycles. The van der Waals surface area contributed by atoms with Crippen molar-refractivity contribution in [3.05, 3.63) is 0 Å². The molecule has 13 heavy (non-hydrogen) atoms. The van der Waals surface area contributed by atoms with Gasteiger partial charge in [-0.25, -0.2) is 0 Å². The molecule has 1 saturated heterocycles. The smallest absolute Gasteiger partial charge is 0.0195 e. The maximum atomic E-state index is 3.53. The molecule has 0 aromatic heterocycles. The van der Waals surface area contributed by atoms with Crippen LogP contribution in [0.5, 0.6) is 0 Å². The minimum Gasteiger partial charge on any atom is -0.315 e. The van der Waals surface area contributed by atoms with Crippen molar-refractivity contribution in [2.45, 2.75) is 46.7 Å². The number of nitrogens with one attached hydrogen (secondary N) is 1. The second kappa shape index (κ2) is 3.97. The third kappa shape index (κ3) is 2.96. The lowest BCUT2D eigenvalue weighted by atomic mass is 9.92. The maximum absolute atomic E-state index is 3.53. The van der Waals surface area contributed by atoms with E-state index in [9.17, 15) is 0 Å². The van der Waals surface area contributed by atoms with Crippen molar-refractivity contribution in [3.63, 3.8) is 0 Å². The molecular weight excluding hydrogens is 160 g/mol. The van der Waals surface area contributed by atoms with E-state index in [1.807, 2.05) is 0 Å². The molecule has 78 valence electrons. The number of hydrogen-bond acceptors (Lipinski definition) is 2. The Hall–Kier alpha value is -0.0800. The maximum Gasteiger partial charge on any atom is 0.0195 e. The van der Waals surface area contributed by atoms with Crippen molar-refractivity contribution in [2.24, 2.45) is 5.41 Å². The summed E-state index contributed by atoms with van der Waals surface area (Å²) in [6.45, 7) is 15.0. The quantitative estimate of drug-likeness (QED) is 0.667. The minimum atomic E-state index is 0.412. The Morgan fingerprint density at radius 1 is 1.38 bits per heavy atom. The summed E-state index contributed by atoms with van der Waals surface area (Å²) in [6, 6.07) is 1.33. The molecule has 1 aliphatic heterocycles. The van der Waals surface area contributed by atoms with Gasteiger partial charge in [0.25, 0.3) is 0 Å². The second-order valence-corrected chi connectivity index (χ2v) is 5.41. The molecule has 1 unspecified atom stereocenters. The molecule has 1 aliphatic rings. The molecular formula is C11H24N2. The van der Waals surface area contributed by atoms with Gasteiger partial charge in [0, 0.05) is 31.7 Å². The van der Waals surface area contributed by atoms with Crippen LogP contribution >= 0.6 is 0 Å². The van der Waals surface area contributed by atoms with Crippen LogP contribution in [0.25, 0.3) is 0 Å². The first kappa shape index (κ1) is 11.0. The highest BCUT2D eigenvalue weighted by molar-refractivity contribution is 4.85. The first-order valence-corrected chi connectivity index (χ1v) is 5.39. The largest absolute Gasteiger partial charge is 0.315 e. The fourth-order valence-electron chi connectivity index (χ4n) is 2.13. The zero-order valence-corrected chi connectivity index (χ0v) is 9.72. The van der Waals surface area contributed by atoms with Gasteiger partial charge in [0.05, 0.1) is 0 Å². The fraction of sp³-hybridized carbons (Fsp3) is 1.00. The van der Waals surface area contributed by atoms with Gasteiger partial charge in [-0.2, -0.15) is 0 Å². The lowest BCUT2D eigenvalue weighted by Gasteiger charge is -2.35. The van der Waals surface area contributed by atoms with Gasteiger partial charge in [-0.1, -0.05) is 13.8 Å². The Morgan fingerprint density at radius 2 is 2.00 bits per heavy atom. The molecule has 0 aliphatic carbocycles. The molecule has 0 amide bonds. The van der Waals surface area contributed by atoms with E-state index in [0.29, 0.717) is 17.5 Å². The van der Waals surface area contributed by atoms with E-state index >= 15 is 0 Å². The van der Waals surface area contributed by atoms with Gasteiger partial charge >= 0.3 is 0 Å². The summed E-state index contributed by atoms with van der Waals surface area (Å²) >= 11 is 0. The van der Waals surface area contributed by atoms with E-state index < -0.39 is 0 Å². The fourth-order valence-corrected chi connectivity index (χ4v) is 2.13. The van der Waals surface area contributed by atoms with E-state index in [2.05, 4.69) is 44.8 Å². The lowest BCUT2D eigenvalue weighted by molar-refractivity contribution is 0.129. The van der Waals surface area contributed by atoms with Gasteiger partial charge in [0.2, 0.25) is 0 Å². The number of hydrogen-bond donors (Lipinski definition) is 1. The highest BCUT2D eigenvalue weighted by Crippen LogP contribution is 2.21. The molecule has 1 fully saturated rings. The van der Waals surface area contributed by atoms with Crippen molar-refractivity contribution in [3.8, 4) is 0 Å². The standard InChI is InChI=1S/C11H24N2/c1-9(2)13-8-11(4,5)7-12-6-10(13)3/h9-10,12H,6-8H2,1-5H3. The van der Waals surface area contributed by atoms with E-state index in [4.69, 9.17) is 0 Å². The summed E-state index contributed by atoms with van der Waals surface area (Å²) in [7, 11) is 0. The summed E-state index contributed by atoms with van der Waals surface area (Å²) in [6.07, 6.45) is 0. The number of rotatable bonds is 1. The summed E-state index contributed by atoms with van der Waals surface area (Å²) in [5.74, 6) is 0. The third-order valence-corrected chi connectivity index (χ3v) is 2.88. The number of nitrogens with zero attached hydrogens (tertiary/aromatic N) is 1. The average molecular weight is 184 g/mol. The van der Waals surface area contributed by atoms with Crippen LogP contribution in [-0.2, 0) is 0 Å². The average Bonchev–Trinajstić information content (AvgIpc) is 2.10. The van der Waals surface area contributed by atoms with Crippen LogP contribution in [0.3, 0.4) is 0 Å². The topological polar surface area (TPSA) is 15.3 Å². The van der Waals surface area contributed by atoms with Crippen LogP contribution < -0.4 is 5.32 Å². The van der Waals surface area contributed by atoms with E-state index in [1.54, 1.807) is 0 Å². The van der Waals surface area contributed by atoms with Gasteiger partial charge in [0.1, 0.15) is 0 Å². The van der Waals surface area contributed by atoms with Crippen LogP contribution in [0.1, 0.15) is 34.6 Å². The Kier molecular flexibility index (Phi) is 3.36. The Balaban J connectivity index is 2.67. The Bertz CT molecular complexity index is 163. The van der Waals surface area contributed by atoms with Gasteiger partial charge in [0.15, 0.2) is 0 Å². The molecule has 1 atom stereocenters. The minimum absolute atomic E-state index is 0.412. The molecule has 0 saturated carbocycles. The summed E-state index contributed by atoms with van der Waals surface area (Å²) in [5.41, 5.74) is 0.412. The Labute approximate surface area is 82.7 Å². The second-order valence-electron chi connectivity index (χ2n) is 5.41. The van der Waals surface area contributed by atoms with Gasteiger partial charge in [-0.05, 0) is 26.2 Å². The first-order valence-electron chi connectivity index (χ1n) is 5.39. The van der Waals surface area contributed by atoms with Gasteiger partial charge in [-0.15, -0.1) is 0 Å². The summed E-state index contributed by atoms with van der Waals surface area (Å²) in [5, 5.41) is 3.53. The SMILES string of the molecule is CC(C)N1CC(C)(C)CNCC1C. The molecule has 2 nitrogen and oxygen atoms in total. The van der Waals surface area contributed by atoms with Crippen molar-refractivity contribution in [1.29, 1.82) is 0 Å². The van der Waals surface area contributed by atoms with Crippen LogP contribution in [0.4, 0.5) is 0 Å². The first-order chi connectivity index (χ1) is 5.92. The predicted octanol–water partition coefficient (Wildman–Crippen LogP) is 1.71. The van der Waals surface area contributed by atoms with Crippen molar-refractivity contribution in [2.75, 3.05) is 19.6 Å². The molecule has 1 N–H and O–H groups in total. The van der Waals surface area contributed by atoms with Gasteiger partial charge in [-0.3, -0.25) is 4.90 Å². The molecule has 0 aromatic rings. The predicted molar refractivity (Wildman–Crippen MR) is 58.0 cm³/mol. The highest BCUT2D eigenvalue weighted by atomic mass is 15.2. The van der Waals surface area contributed by atoms with E-state index in [0.717, 1.165) is 13.1 Å². The van der Waals surface area contributed by atoms with Crippen LogP contribution in [0.2, 0.25) is 0 Å². The normalized spacial score (nSPS) is 30.5. The molecule has 0 radical (unpaired) electrons. The summed E-state index contributed by atoms with van der Waals surface area (Å²) in [4.78, 5) is 2.60. The van der Waals surface area contributed by atoms with E-state index in [-0.39, 0.29) is 0 Å². The highest BCUT2D eigenvalue weighted by Gasteiger charge is 2.29. The third-order valence-electron chi connectivity index (χ3n) is 2.88. The molecule has 1 heterocycles. The monoisotopic (exact) mass is 184 g/mol. The lowest BCUT2D eigenvalue weighted by Crippen LogP contribution is -2.44. The Morgan fingerprint density at radius 3 is 2.54 bits per heavy atom. The molecule has 0 spiro atoms. The van der Waals surface area contributed by atoms with Crippen molar-refractivity contribution >= 4 is 0 Å². The zero-order chi connectivity index (χ0) is 10.1. The van der Waals surface area contributed by atoms with Gasteiger partial charge < -0.3 is 5.32 Å². The zero-order valence-electron chi connectivity index (χ0n) is 9.72. The van der Waals surface area contributed by atoms with Crippen LogP contribution in [-0.4, -0.2) is 36.6 Å².